The SMILES string of the molecule is Ic1cnc(OCC2CCCC2)nc1. The van der Waals surface area contributed by atoms with Gasteiger partial charge < -0.3 is 4.74 Å². The Balaban J connectivity index is 1.82. The average Bonchev–Trinajstić information content (AvgIpc) is 2.70. The topological polar surface area (TPSA) is 35.0 Å². The van der Waals surface area contributed by atoms with Crippen molar-refractivity contribution in [2.75, 3.05) is 6.61 Å². The molecule has 1 aliphatic carbocycles. The van der Waals surface area contributed by atoms with Gasteiger partial charge in [-0.2, -0.15) is 0 Å². The molecule has 14 heavy (non-hydrogen) atoms. The molecule has 76 valence electrons. The minimum Gasteiger partial charge on any atom is -0.463 e. The lowest BCUT2D eigenvalue weighted by molar-refractivity contribution is 0.234. The molecule has 0 aliphatic heterocycles. The van der Waals surface area contributed by atoms with E-state index in [4.69, 9.17) is 4.74 Å². The van der Waals surface area contributed by atoms with Gasteiger partial charge in [-0.3, -0.25) is 0 Å². The van der Waals surface area contributed by atoms with Crippen LogP contribution in [0.4, 0.5) is 0 Å². The average molecular weight is 304 g/mol. The molecule has 1 aromatic heterocycles. The Kier molecular flexibility index (Phi) is 3.55. The van der Waals surface area contributed by atoms with Crippen molar-refractivity contribution >= 4 is 22.6 Å². The van der Waals surface area contributed by atoms with Gasteiger partial charge in [0, 0.05) is 16.0 Å². The van der Waals surface area contributed by atoms with Crippen LogP contribution in [0.3, 0.4) is 0 Å². The van der Waals surface area contributed by atoms with Crippen molar-refractivity contribution in [1.82, 2.24) is 9.97 Å². The maximum atomic E-state index is 5.52. The van der Waals surface area contributed by atoms with E-state index >= 15 is 0 Å². The molecule has 0 unspecified atom stereocenters. The van der Waals surface area contributed by atoms with Crippen LogP contribution in [0.15, 0.2) is 12.4 Å². The fourth-order valence-corrected chi connectivity index (χ4v) is 2.02. The highest BCUT2D eigenvalue weighted by Crippen LogP contribution is 2.24. The van der Waals surface area contributed by atoms with Crippen molar-refractivity contribution in [3.8, 4) is 6.01 Å². The van der Waals surface area contributed by atoms with Gasteiger partial charge in [0.15, 0.2) is 0 Å². The number of ether oxygens (including phenoxy) is 1. The summed E-state index contributed by atoms with van der Waals surface area (Å²) in [6.45, 7) is 0.778. The first-order chi connectivity index (χ1) is 6.84. The summed E-state index contributed by atoms with van der Waals surface area (Å²) >= 11 is 2.18. The lowest BCUT2D eigenvalue weighted by Crippen LogP contribution is -2.09. The first kappa shape index (κ1) is 10.1. The summed E-state index contributed by atoms with van der Waals surface area (Å²) in [5.74, 6) is 0.720. The molecule has 0 spiro atoms. The largest absolute Gasteiger partial charge is 0.463 e. The van der Waals surface area contributed by atoms with Crippen molar-refractivity contribution in [3.63, 3.8) is 0 Å². The van der Waals surface area contributed by atoms with Gasteiger partial charge in [-0.25, -0.2) is 9.97 Å². The molecule has 0 bridgehead atoms. The highest BCUT2D eigenvalue weighted by atomic mass is 127. The highest BCUT2D eigenvalue weighted by molar-refractivity contribution is 14.1. The molecular weight excluding hydrogens is 291 g/mol. The van der Waals surface area contributed by atoms with Gasteiger partial charge in [-0.1, -0.05) is 12.8 Å². The molecule has 3 nitrogen and oxygen atoms in total. The van der Waals surface area contributed by atoms with Crippen molar-refractivity contribution in [2.45, 2.75) is 25.7 Å². The van der Waals surface area contributed by atoms with E-state index in [1.165, 1.54) is 25.7 Å². The van der Waals surface area contributed by atoms with Crippen LogP contribution in [-0.4, -0.2) is 16.6 Å². The van der Waals surface area contributed by atoms with Crippen LogP contribution < -0.4 is 4.74 Å². The van der Waals surface area contributed by atoms with Crippen molar-refractivity contribution in [1.29, 1.82) is 0 Å². The molecule has 0 aromatic carbocycles. The van der Waals surface area contributed by atoms with E-state index in [-0.39, 0.29) is 0 Å². The van der Waals surface area contributed by atoms with E-state index in [9.17, 15) is 0 Å². The second-order valence-corrected chi connectivity index (χ2v) is 4.89. The zero-order valence-corrected chi connectivity index (χ0v) is 10.1. The van der Waals surface area contributed by atoms with Gasteiger partial charge in [0.1, 0.15) is 0 Å². The number of nitrogens with zero attached hydrogens (tertiary/aromatic N) is 2. The molecule has 1 aromatic rings. The van der Waals surface area contributed by atoms with Crippen LogP contribution in [0.5, 0.6) is 6.01 Å². The zero-order chi connectivity index (χ0) is 9.80. The molecule has 0 amide bonds. The van der Waals surface area contributed by atoms with Gasteiger partial charge in [0.05, 0.1) is 6.61 Å². The Hall–Kier alpha value is -0.390. The quantitative estimate of drug-likeness (QED) is 0.805. The minimum atomic E-state index is 0.511. The van der Waals surface area contributed by atoms with E-state index in [1.54, 1.807) is 12.4 Å². The second-order valence-electron chi connectivity index (χ2n) is 3.65. The zero-order valence-electron chi connectivity index (χ0n) is 7.95. The Bertz CT molecular complexity index is 283. The van der Waals surface area contributed by atoms with E-state index in [2.05, 4.69) is 32.6 Å². The summed E-state index contributed by atoms with van der Waals surface area (Å²) in [5, 5.41) is 0. The Morgan fingerprint density at radius 2 is 1.93 bits per heavy atom. The number of halogens is 1. The third-order valence-electron chi connectivity index (χ3n) is 2.52. The molecule has 0 radical (unpaired) electrons. The van der Waals surface area contributed by atoms with Crippen molar-refractivity contribution in [3.05, 3.63) is 16.0 Å². The lowest BCUT2D eigenvalue weighted by Gasteiger charge is -2.08. The van der Waals surface area contributed by atoms with Gasteiger partial charge in [0.25, 0.3) is 0 Å². The number of hydrogen-bond donors (Lipinski definition) is 0. The molecule has 4 heteroatoms. The normalized spacial score (nSPS) is 17.2. The molecule has 1 aliphatic rings. The Morgan fingerprint density at radius 1 is 1.29 bits per heavy atom. The predicted octanol–water partition coefficient (Wildman–Crippen LogP) is 2.65. The fourth-order valence-electron chi connectivity index (χ4n) is 1.74. The van der Waals surface area contributed by atoms with E-state index in [0.717, 1.165) is 16.1 Å². The Morgan fingerprint density at radius 3 is 2.57 bits per heavy atom. The molecule has 1 heterocycles. The number of aromatic nitrogens is 2. The monoisotopic (exact) mass is 304 g/mol. The second kappa shape index (κ2) is 4.91. The fraction of sp³-hybridized carbons (Fsp3) is 0.600. The van der Waals surface area contributed by atoms with E-state index < -0.39 is 0 Å². The van der Waals surface area contributed by atoms with Crippen LogP contribution in [0.2, 0.25) is 0 Å². The number of hydrogen-bond acceptors (Lipinski definition) is 3. The summed E-state index contributed by atoms with van der Waals surface area (Å²) in [6, 6.07) is 0.511. The predicted molar refractivity (Wildman–Crippen MR) is 62.2 cm³/mol. The first-order valence-corrected chi connectivity index (χ1v) is 6.03. The molecule has 2 rings (SSSR count). The lowest BCUT2D eigenvalue weighted by atomic mass is 10.1. The summed E-state index contributed by atoms with van der Waals surface area (Å²) in [4.78, 5) is 8.20. The molecular formula is C10H13IN2O. The number of rotatable bonds is 3. The maximum absolute atomic E-state index is 5.52. The maximum Gasteiger partial charge on any atom is 0.316 e. The molecule has 0 saturated heterocycles. The summed E-state index contributed by atoms with van der Waals surface area (Å²) in [7, 11) is 0. The van der Waals surface area contributed by atoms with Gasteiger partial charge in [-0.05, 0) is 41.4 Å². The molecule has 0 atom stereocenters. The molecule has 0 N–H and O–H groups in total. The van der Waals surface area contributed by atoms with Gasteiger partial charge >= 0.3 is 6.01 Å². The summed E-state index contributed by atoms with van der Waals surface area (Å²) < 4.78 is 6.56. The van der Waals surface area contributed by atoms with Crippen LogP contribution >= 0.6 is 22.6 Å². The standard InChI is InChI=1S/C10H13IN2O/c11-9-5-12-10(13-6-9)14-7-8-3-1-2-4-8/h5-6,8H,1-4,7H2. The van der Waals surface area contributed by atoms with Crippen LogP contribution in [-0.2, 0) is 0 Å². The molecule has 1 saturated carbocycles. The highest BCUT2D eigenvalue weighted by Gasteiger charge is 2.15. The van der Waals surface area contributed by atoms with Crippen molar-refractivity contribution < 1.29 is 4.74 Å². The Labute approximate surface area is 97.4 Å². The van der Waals surface area contributed by atoms with E-state index in [0.29, 0.717) is 6.01 Å². The van der Waals surface area contributed by atoms with E-state index in [1.807, 2.05) is 0 Å². The third kappa shape index (κ3) is 2.80. The van der Waals surface area contributed by atoms with Crippen LogP contribution in [0.25, 0.3) is 0 Å². The summed E-state index contributed by atoms with van der Waals surface area (Å²) in [5.41, 5.74) is 0. The van der Waals surface area contributed by atoms with Gasteiger partial charge in [0.2, 0.25) is 0 Å². The minimum absolute atomic E-state index is 0.511. The summed E-state index contributed by atoms with van der Waals surface area (Å²) in [6.07, 6.45) is 8.84. The third-order valence-corrected chi connectivity index (χ3v) is 3.08. The smallest absolute Gasteiger partial charge is 0.316 e. The molecule has 1 fully saturated rings. The van der Waals surface area contributed by atoms with Crippen molar-refractivity contribution in [2.24, 2.45) is 5.92 Å². The van der Waals surface area contributed by atoms with Gasteiger partial charge in [-0.15, -0.1) is 0 Å². The van der Waals surface area contributed by atoms with Crippen LogP contribution in [0, 0.1) is 9.49 Å². The first-order valence-electron chi connectivity index (χ1n) is 4.95. The van der Waals surface area contributed by atoms with Crippen LogP contribution in [0.1, 0.15) is 25.7 Å².